The van der Waals surface area contributed by atoms with E-state index < -0.39 is 11.9 Å². The summed E-state index contributed by atoms with van der Waals surface area (Å²) < 4.78 is 14.5. The van der Waals surface area contributed by atoms with E-state index in [9.17, 15) is 9.50 Å². The van der Waals surface area contributed by atoms with E-state index in [-0.39, 0.29) is 11.4 Å². The molecule has 1 aromatic heterocycles. The van der Waals surface area contributed by atoms with Gasteiger partial charge in [0, 0.05) is 15.8 Å². The molecule has 5 heteroatoms. The van der Waals surface area contributed by atoms with Crippen LogP contribution in [-0.4, -0.2) is 5.11 Å². The summed E-state index contributed by atoms with van der Waals surface area (Å²) in [6, 6.07) is 6.66. The van der Waals surface area contributed by atoms with Crippen molar-refractivity contribution in [3.05, 3.63) is 55.4 Å². The van der Waals surface area contributed by atoms with Crippen molar-refractivity contribution in [1.82, 2.24) is 0 Å². The molecule has 90 valence electrons. The fourth-order valence-corrected chi connectivity index (χ4v) is 3.37. The standard InChI is InChI=1S/C12H9BrClFOS/c13-8-4-5-17-12(8)10(16)6-7-2-1-3-9(14)11(7)15/h1-5,10,16H,6H2. The van der Waals surface area contributed by atoms with E-state index >= 15 is 0 Å². The molecule has 0 bridgehead atoms. The van der Waals surface area contributed by atoms with Crippen LogP contribution in [0.15, 0.2) is 34.1 Å². The quantitative estimate of drug-likeness (QED) is 0.870. The Morgan fingerprint density at radius 1 is 1.41 bits per heavy atom. The number of halogens is 3. The molecule has 1 heterocycles. The molecular weight excluding hydrogens is 327 g/mol. The molecule has 17 heavy (non-hydrogen) atoms. The third-order valence-electron chi connectivity index (χ3n) is 2.39. The molecule has 0 amide bonds. The lowest BCUT2D eigenvalue weighted by atomic mass is 10.1. The molecule has 0 aliphatic carbocycles. The third kappa shape index (κ3) is 2.88. The first kappa shape index (κ1) is 13.0. The summed E-state index contributed by atoms with van der Waals surface area (Å²) in [6.07, 6.45) is -0.511. The second-order valence-corrected chi connectivity index (χ2v) is 5.77. The van der Waals surface area contributed by atoms with Crippen LogP contribution in [-0.2, 0) is 6.42 Å². The molecule has 0 spiro atoms. The maximum absolute atomic E-state index is 13.7. The summed E-state index contributed by atoms with van der Waals surface area (Å²) >= 11 is 10.5. The van der Waals surface area contributed by atoms with Crippen LogP contribution in [0, 0.1) is 5.82 Å². The molecule has 2 aromatic rings. The Morgan fingerprint density at radius 3 is 2.82 bits per heavy atom. The highest BCUT2D eigenvalue weighted by molar-refractivity contribution is 9.10. The first-order chi connectivity index (χ1) is 8.09. The number of hydrogen-bond donors (Lipinski definition) is 1. The predicted octanol–water partition coefficient (Wildman–Crippen LogP) is 4.58. The topological polar surface area (TPSA) is 20.2 Å². The van der Waals surface area contributed by atoms with Crippen molar-refractivity contribution in [3.63, 3.8) is 0 Å². The molecule has 0 radical (unpaired) electrons. The van der Waals surface area contributed by atoms with E-state index in [0.717, 1.165) is 9.35 Å². The van der Waals surface area contributed by atoms with Crippen LogP contribution in [0.25, 0.3) is 0 Å². The van der Waals surface area contributed by atoms with Gasteiger partial charge in [-0.3, -0.25) is 0 Å². The Labute approximate surface area is 116 Å². The summed E-state index contributed by atoms with van der Waals surface area (Å²) in [6.45, 7) is 0. The van der Waals surface area contributed by atoms with E-state index in [4.69, 9.17) is 11.6 Å². The average molecular weight is 336 g/mol. The minimum atomic E-state index is -0.725. The second kappa shape index (κ2) is 5.48. The minimum absolute atomic E-state index is 0.0833. The van der Waals surface area contributed by atoms with Crippen molar-refractivity contribution in [3.8, 4) is 0 Å². The van der Waals surface area contributed by atoms with Crippen molar-refractivity contribution in [2.75, 3.05) is 0 Å². The highest BCUT2D eigenvalue weighted by atomic mass is 79.9. The van der Waals surface area contributed by atoms with Gasteiger partial charge in [0.15, 0.2) is 0 Å². The number of aliphatic hydroxyl groups is 1. The highest BCUT2D eigenvalue weighted by Gasteiger charge is 2.16. The van der Waals surface area contributed by atoms with Crippen LogP contribution in [0.1, 0.15) is 16.5 Å². The Bertz CT molecular complexity index is 529. The van der Waals surface area contributed by atoms with Crippen molar-refractivity contribution in [1.29, 1.82) is 0 Å². The molecule has 0 saturated carbocycles. The van der Waals surface area contributed by atoms with Gasteiger partial charge in [-0.15, -0.1) is 11.3 Å². The Balaban J connectivity index is 2.22. The summed E-state index contributed by atoms with van der Waals surface area (Å²) in [5.41, 5.74) is 0.422. The van der Waals surface area contributed by atoms with Gasteiger partial charge in [-0.05, 0) is 39.0 Å². The number of thiophene rings is 1. The van der Waals surface area contributed by atoms with Gasteiger partial charge >= 0.3 is 0 Å². The van der Waals surface area contributed by atoms with Crippen LogP contribution in [0.2, 0.25) is 5.02 Å². The van der Waals surface area contributed by atoms with Crippen LogP contribution in [0.4, 0.5) is 4.39 Å². The van der Waals surface area contributed by atoms with Crippen molar-refractivity contribution in [2.45, 2.75) is 12.5 Å². The maximum atomic E-state index is 13.7. The number of hydrogen-bond acceptors (Lipinski definition) is 2. The summed E-state index contributed by atoms with van der Waals surface area (Å²) in [4.78, 5) is 0.796. The lowest BCUT2D eigenvalue weighted by Gasteiger charge is -2.10. The molecule has 1 nitrogen and oxygen atoms in total. The highest BCUT2D eigenvalue weighted by Crippen LogP contribution is 2.32. The lowest BCUT2D eigenvalue weighted by molar-refractivity contribution is 0.180. The van der Waals surface area contributed by atoms with Crippen molar-refractivity contribution in [2.24, 2.45) is 0 Å². The molecule has 0 fully saturated rings. The first-order valence-electron chi connectivity index (χ1n) is 4.93. The van der Waals surface area contributed by atoms with Crippen LogP contribution in [0.5, 0.6) is 0 Å². The minimum Gasteiger partial charge on any atom is -0.387 e. The molecule has 1 N–H and O–H groups in total. The van der Waals surface area contributed by atoms with Gasteiger partial charge in [0.2, 0.25) is 0 Å². The zero-order valence-electron chi connectivity index (χ0n) is 8.66. The van der Waals surface area contributed by atoms with E-state index in [0.29, 0.717) is 5.56 Å². The molecule has 2 rings (SSSR count). The normalized spacial score (nSPS) is 12.7. The zero-order valence-corrected chi connectivity index (χ0v) is 11.8. The monoisotopic (exact) mass is 334 g/mol. The largest absolute Gasteiger partial charge is 0.387 e. The number of benzene rings is 1. The first-order valence-corrected chi connectivity index (χ1v) is 6.98. The van der Waals surface area contributed by atoms with Gasteiger partial charge in [-0.2, -0.15) is 0 Å². The smallest absolute Gasteiger partial charge is 0.145 e. The van der Waals surface area contributed by atoms with E-state index in [1.807, 2.05) is 11.4 Å². The van der Waals surface area contributed by atoms with Crippen molar-refractivity contribution < 1.29 is 9.50 Å². The van der Waals surface area contributed by atoms with Gasteiger partial charge in [0.1, 0.15) is 5.82 Å². The van der Waals surface area contributed by atoms with Crippen LogP contribution in [0.3, 0.4) is 0 Å². The molecule has 0 aliphatic heterocycles. The zero-order chi connectivity index (χ0) is 12.4. The number of aliphatic hydroxyl groups excluding tert-OH is 1. The van der Waals surface area contributed by atoms with Gasteiger partial charge in [-0.1, -0.05) is 23.7 Å². The maximum Gasteiger partial charge on any atom is 0.145 e. The number of rotatable bonds is 3. The van der Waals surface area contributed by atoms with Gasteiger partial charge in [-0.25, -0.2) is 4.39 Å². The molecule has 0 aliphatic rings. The van der Waals surface area contributed by atoms with Gasteiger partial charge in [0.05, 0.1) is 11.1 Å². The average Bonchev–Trinajstić information content (AvgIpc) is 2.71. The van der Waals surface area contributed by atoms with E-state index in [2.05, 4.69) is 15.9 Å². The fraction of sp³-hybridized carbons (Fsp3) is 0.167. The molecule has 1 unspecified atom stereocenters. The molecular formula is C12H9BrClFOS. The third-order valence-corrected chi connectivity index (χ3v) is 4.66. The molecule has 1 atom stereocenters. The van der Waals surface area contributed by atoms with Gasteiger partial charge < -0.3 is 5.11 Å². The molecule has 0 saturated heterocycles. The lowest BCUT2D eigenvalue weighted by Crippen LogP contribution is -2.02. The summed E-state index contributed by atoms with van der Waals surface area (Å²) in [5, 5.41) is 12.0. The van der Waals surface area contributed by atoms with Gasteiger partial charge in [0.25, 0.3) is 0 Å². The summed E-state index contributed by atoms with van der Waals surface area (Å²) in [5.74, 6) is -0.458. The van der Waals surface area contributed by atoms with Crippen LogP contribution < -0.4 is 0 Å². The fourth-order valence-electron chi connectivity index (χ4n) is 1.55. The summed E-state index contributed by atoms with van der Waals surface area (Å²) in [7, 11) is 0. The Morgan fingerprint density at radius 2 is 2.18 bits per heavy atom. The van der Waals surface area contributed by atoms with E-state index in [1.54, 1.807) is 12.1 Å². The van der Waals surface area contributed by atoms with Crippen LogP contribution >= 0.6 is 38.9 Å². The molecule has 1 aromatic carbocycles. The van der Waals surface area contributed by atoms with Crippen molar-refractivity contribution >= 4 is 38.9 Å². The SMILES string of the molecule is OC(Cc1cccc(Cl)c1F)c1sccc1Br. The predicted molar refractivity (Wildman–Crippen MR) is 72.1 cm³/mol. The Hall–Kier alpha value is -0.420. The second-order valence-electron chi connectivity index (χ2n) is 3.57. The van der Waals surface area contributed by atoms with E-state index in [1.165, 1.54) is 17.4 Å². The Kier molecular flexibility index (Phi) is 4.20.